The van der Waals surface area contributed by atoms with Crippen molar-refractivity contribution < 1.29 is 9.53 Å². The lowest BCUT2D eigenvalue weighted by Crippen LogP contribution is -2.15. The first-order valence-corrected chi connectivity index (χ1v) is 9.83. The number of rotatable bonds is 7. The van der Waals surface area contributed by atoms with E-state index in [1.54, 1.807) is 6.33 Å². The molecule has 0 saturated heterocycles. The molecule has 27 heavy (non-hydrogen) atoms. The SMILES string of the molecule is Cc1ccc(Oc2ccccc2NC(=O)CSc2nncn2C2CC2)cc1. The van der Waals surface area contributed by atoms with E-state index < -0.39 is 0 Å². The maximum absolute atomic E-state index is 12.4. The van der Waals surface area contributed by atoms with Crippen molar-refractivity contribution in [3.8, 4) is 11.5 Å². The Bertz CT molecular complexity index is 935. The summed E-state index contributed by atoms with van der Waals surface area (Å²) in [5, 5.41) is 11.8. The molecule has 7 heteroatoms. The Hall–Kier alpha value is -2.80. The molecule has 2 aromatic carbocycles. The second-order valence-corrected chi connectivity index (χ2v) is 7.44. The Morgan fingerprint density at radius 2 is 2.00 bits per heavy atom. The van der Waals surface area contributed by atoms with Crippen molar-refractivity contribution >= 4 is 23.4 Å². The quantitative estimate of drug-likeness (QED) is 0.614. The van der Waals surface area contributed by atoms with Crippen molar-refractivity contribution in [2.45, 2.75) is 31.0 Å². The first-order valence-electron chi connectivity index (χ1n) is 8.85. The number of anilines is 1. The molecule has 1 saturated carbocycles. The molecule has 1 aromatic heterocycles. The minimum atomic E-state index is -0.106. The molecule has 0 aliphatic heterocycles. The number of benzene rings is 2. The largest absolute Gasteiger partial charge is 0.455 e. The van der Waals surface area contributed by atoms with Crippen LogP contribution in [-0.2, 0) is 4.79 Å². The molecule has 0 atom stereocenters. The zero-order valence-electron chi connectivity index (χ0n) is 15.0. The van der Waals surface area contributed by atoms with Gasteiger partial charge in [-0.05, 0) is 44.0 Å². The molecule has 1 aliphatic rings. The van der Waals surface area contributed by atoms with Gasteiger partial charge in [0.05, 0.1) is 11.4 Å². The molecule has 0 radical (unpaired) electrons. The highest BCUT2D eigenvalue weighted by Crippen LogP contribution is 2.37. The van der Waals surface area contributed by atoms with E-state index in [0.29, 0.717) is 17.5 Å². The summed E-state index contributed by atoms with van der Waals surface area (Å²) in [7, 11) is 0. The Morgan fingerprint density at radius 3 is 2.78 bits per heavy atom. The van der Waals surface area contributed by atoms with E-state index in [0.717, 1.165) is 23.7 Å². The van der Waals surface area contributed by atoms with Gasteiger partial charge >= 0.3 is 0 Å². The van der Waals surface area contributed by atoms with E-state index >= 15 is 0 Å². The summed E-state index contributed by atoms with van der Waals surface area (Å²) in [4.78, 5) is 12.4. The van der Waals surface area contributed by atoms with Crippen LogP contribution in [0.3, 0.4) is 0 Å². The van der Waals surface area contributed by atoms with Gasteiger partial charge in [0.15, 0.2) is 10.9 Å². The highest BCUT2D eigenvalue weighted by molar-refractivity contribution is 7.99. The minimum absolute atomic E-state index is 0.106. The second kappa shape index (κ2) is 7.84. The van der Waals surface area contributed by atoms with Gasteiger partial charge in [-0.1, -0.05) is 41.6 Å². The number of carbonyl (C=O) groups is 1. The van der Waals surface area contributed by atoms with E-state index in [4.69, 9.17) is 4.74 Å². The summed E-state index contributed by atoms with van der Waals surface area (Å²) in [5.74, 6) is 1.50. The van der Waals surface area contributed by atoms with E-state index in [1.807, 2.05) is 60.0 Å². The van der Waals surface area contributed by atoms with Gasteiger partial charge in [-0.2, -0.15) is 0 Å². The topological polar surface area (TPSA) is 69.0 Å². The number of carbonyl (C=O) groups excluding carboxylic acids is 1. The lowest BCUT2D eigenvalue weighted by Gasteiger charge is -2.12. The third kappa shape index (κ3) is 4.49. The molecule has 1 fully saturated rings. The number of aromatic nitrogens is 3. The summed E-state index contributed by atoms with van der Waals surface area (Å²) in [6.07, 6.45) is 4.05. The molecule has 0 unspecified atom stereocenters. The molecule has 1 heterocycles. The molecule has 3 aromatic rings. The third-order valence-corrected chi connectivity index (χ3v) is 5.18. The number of hydrogen-bond acceptors (Lipinski definition) is 5. The number of aryl methyl sites for hydroxylation is 1. The van der Waals surface area contributed by atoms with Gasteiger partial charge in [0, 0.05) is 6.04 Å². The Balaban J connectivity index is 1.39. The average Bonchev–Trinajstić information content (AvgIpc) is 3.41. The van der Waals surface area contributed by atoms with Crippen LogP contribution in [0.2, 0.25) is 0 Å². The molecule has 0 bridgehead atoms. The van der Waals surface area contributed by atoms with Crippen LogP contribution >= 0.6 is 11.8 Å². The monoisotopic (exact) mass is 380 g/mol. The highest BCUT2D eigenvalue weighted by atomic mass is 32.2. The van der Waals surface area contributed by atoms with Gasteiger partial charge in [0.2, 0.25) is 5.91 Å². The summed E-state index contributed by atoms with van der Waals surface area (Å²) in [6.45, 7) is 2.03. The van der Waals surface area contributed by atoms with Crippen molar-refractivity contribution in [2.24, 2.45) is 0 Å². The molecule has 1 amide bonds. The summed E-state index contributed by atoms with van der Waals surface area (Å²) < 4.78 is 7.97. The summed E-state index contributed by atoms with van der Waals surface area (Å²) in [6, 6.07) is 15.7. The van der Waals surface area contributed by atoms with Crippen molar-refractivity contribution in [1.29, 1.82) is 0 Å². The molecule has 138 valence electrons. The van der Waals surface area contributed by atoms with Gasteiger partial charge in [-0.15, -0.1) is 10.2 Å². The molecular weight excluding hydrogens is 360 g/mol. The first kappa shape index (κ1) is 17.6. The fourth-order valence-corrected chi connectivity index (χ4v) is 3.43. The lowest BCUT2D eigenvalue weighted by molar-refractivity contribution is -0.113. The maximum atomic E-state index is 12.4. The smallest absolute Gasteiger partial charge is 0.234 e. The average molecular weight is 380 g/mol. The second-order valence-electron chi connectivity index (χ2n) is 6.50. The zero-order chi connectivity index (χ0) is 18.6. The van der Waals surface area contributed by atoms with Crippen molar-refractivity contribution in [3.63, 3.8) is 0 Å². The number of para-hydroxylation sites is 2. The van der Waals surface area contributed by atoms with Crippen molar-refractivity contribution in [3.05, 3.63) is 60.4 Å². The Kier molecular flexibility index (Phi) is 5.11. The van der Waals surface area contributed by atoms with Crippen LogP contribution < -0.4 is 10.1 Å². The van der Waals surface area contributed by atoms with Gasteiger partial charge in [-0.3, -0.25) is 4.79 Å². The third-order valence-electron chi connectivity index (χ3n) is 4.22. The van der Waals surface area contributed by atoms with Gasteiger partial charge < -0.3 is 14.6 Å². The van der Waals surface area contributed by atoms with Crippen LogP contribution in [0.1, 0.15) is 24.4 Å². The molecule has 4 rings (SSSR count). The number of amides is 1. The number of ether oxygens (including phenoxy) is 1. The fourth-order valence-electron chi connectivity index (χ4n) is 2.65. The van der Waals surface area contributed by atoms with Gasteiger partial charge in [-0.25, -0.2) is 0 Å². The lowest BCUT2D eigenvalue weighted by atomic mass is 10.2. The summed E-state index contributed by atoms with van der Waals surface area (Å²) >= 11 is 1.40. The number of hydrogen-bond donors (Lipinski definition) is 1. The van der Waals surface area contributed by atoms with Crippen LogP contribution in [0.5, 0.6) is 11.5 Å². The van der Waals surface area contributed by atoms with Crippen molar-refractivity contribution in [1.82, 2.24) is 14.8 Å². The van der Waals surface area contributed by atoms with E-state index in [-0.39, 0.29) is 11.7 Å². The van der Waals surface area contributed by atoms with E-state index in [1.165, 1.54) is 17.3 Å². The predicted octanol–water partition coefficient (Wildman–Crippen LogP) is 4.44. The standard InChI is InChI=1S/C20H20N4O2S/c1-14-6-10-16(11-7-14)26-18-5-3-2-4-17(18)22-19(25)12-27-20-23-21-13-24(20)15-8-9-15/h2-7,10-11,13,15H,8-9,12H2,1H3,(H,22,25). The number of nitrogens with zero attached hydrogens (tertiary/aromatic N) is 3. The zero-order valence-corrected chi connectivity index (χ0v) is 15.8. The van der Waals surface area contributed by atoms with Crippen LogP contribution in [-0.4, -0.2) is 26.4 Å². The van der Waals surface area contributed by atoms with Gasteiger partial charge in [0.25, 0.3) is 0 Å². The number of thioether (sulfide) groups is 1. The first-order chi connectivity index (χ1) is 13.2. The Labute approximate surface area is 162 Å². The van der Waals surface area contributed by atoms with Crippen LogP contribution in [0.4, 0.5) is 5.69 Å². The van der Waals surface area contributed by atoms with Crippen molar-refractivity contribution in [2.75, 3.05) is 11.1 Å². The predicted molar refractivity (Wildman–Crippen MR) is 105 cm³/mol. The van der Waals surface area contributed by atoms with Crippen LogP contribution in [0.15, 0.2) is 60.0 Å². The number of nitrogens with one attached hydrogen (secondary N) is 1. The highest BCUT2D eigenvalue weighted by Gasteiger charge is 2.26. The maximum Gasteiger partial charge on any atom is 0.234 e. The minimum Gasteiger partial charge on any atom is -0.455 e. The Morgan fingerprint density at radius 1 is 1.22 bits per heavy atom. The molecule has 0 spiro atoms. The van der Waals surface area contributed by atoms with E-state index in [9.17, 15) is 4.79 Å². The molecule has 6 nitrogen and oxygen atoms in total. The van der Waals surface area contributed by atoms with Crippen LogP contribution in [0, 0.1) is 6.92 Å². The summed E-state index contributed by atoms with van der Waals surface area (Å²) in [5.41, 5.74) is 1.81. The van der Waals surface area contributed by atoms with E-state index in [2.05, 4.69) is 15.5 Å². The molecule has 1 N–H and O–H groups in total. The van der Waals surface area contributed by atoms with Gasteiger partial charge in [0.1, 0.15) is 12.1 Å². The fraction of sp³-hybridized carbons (Fsp3) is 0.250. The molecule has 1 aliphatic carbocycles. The molecular formula is C20H20N4O2S. The normalized spacial score (nSPS) is 13.4. The van der Waals surface area contributed by atoms with Crippen LogP contribution in [0.25, 0.3) is 0 Å².